The third kappa shape index (κ3) is 8.60. The molecule has 0 spiro atoms. The number of hydrogen-bond acceptors (Lipinski definition) is 4. The summed E-state index contributed by atoms with van der Waals surface area (Å²) in [6.07, 6.45) is 2.01. The maximum absolute atomic E-state index is 14.6. The van der Waals surface area contributed by atoms with Gasteiger partial charge in [-0.05, 0) is 67.6 Å². The number of nitrogens with zero attached hydrogens (tertiary/aromatic N) is 2. The second-order valence-corrected chi connectivity index (χ2v) is 13.3. The number of hydrogen-bond donors (Lipinski definition) is 1. The number of carbonyl (C=O) groups excluding carboxylic acids is 2. The first kappa shape index (κ1) is 33.5. The molecule has 0 aliphatic rings. The Morgan fingerprint density at radius 2 is 1.40 bits per heavy atom. The van der Waals surface area contributed by atoms with Gasteiger partial charge in [-0.2, -0.15) is 0 Å². The van der Waals surface area contributed by atoms with Crippen molar-refractivity contribution >= 4 is 27.5 Å². The molecule has 0 fully saturated rings. The van der Waals surface area contributed by atoms with Gasteiger partial charge in [0.15, 0.2) is 0 Å². The summed E-state index contributed by atoms with van der Waals surface area (Å²) >= 11 is 0. The first-order valence-electron chi connectivity index (χ1n) is 15.4. The third-order valence-corrected chi connectivity index (χ3v) is 9.80. The number of anilines is 1. The van der Waals surface area contributed by atoms with Crippen LogP contribution >= 0.6 is 0 Å². The van der Waals surface area contributed by atoms with Gasteiger partial charge >= 0.3 is 0 Å². The van der Waals surface area contributed by atoms with Crippen LogP contribution in [0.5, 0.6) is 0 Å². The van der Waals surface area contributed by atoms with Crippen molar-refractivity contribution in [3.63, 3.8) is 0 Å². The molecule has 0 saturated carbocycles. The van der Waals surface area contributed by atoms with E-state index in [0.717, 1.165) is 40.7 Å². The first-order valence-corrected chi connectivity index (χ1v) is 16.9. The molecule has 0 heterocycles. The molecule has 0 saturated heterocycles. The van der Waals surface area contributed by atoms with Crippen LogP contribution in [0.15, 0.2) is 108 Å². The lowest BCUT2D eigenvalue weighted by Gasteiger charge is -2.34. The quantitative estimate of drug-likeness (QED) is 0.165. The highest BCUT2D eigenvalue weighted by Crippen LogP contribution is 2.29. The van der Waals surface area contributed by atoms with Crippen LogP contribution in [0.2, 0.25) is 0 Å². The van der Waals surface area contributed by atoms with Gasteiger partial charge in [0.2, 0.25) is 11.8 Å². The molecule has 1 atom stereocenters. The first-order chi connectivity index (χ1) is 21.6. The fraction of sp³-hybridized carbons (Fsp3) is 0.297. The maximum Gasteiger partial charge on any atom is 0.264 e. The Hall–Kier alpha value is -4.43. The van der Waals surface area contributed by atoms with Crippen molar-refractivity contribution in [2.24, 2.45) is 0 Å². The Kier molecular flexibility index (Phi) is 11.5. The summed E-state index contributed by atoms with van der Waals surface area (Å²) in [4.78, 5) is 30.0. The van der Waals surface area contributed by atoms with E-state index >= 15 is 0 Å². The van der Waals surface area contributed by atoms with E-state index in [1.54, 1.807) is 36.4 Å². The van der Waals surface area contributed by atoms with Crippen molar-refractivity contribution in [1.82, 2.24) is 10.2 Å². The van der Waals surface area contributed by atoms with Crippen LogP contribution in [0.1, 0.15) is 47.6 Å². The zero-order chi connectivity index (χ0) is 32.4. The Bertz CT molecular complexity index is 1670. The van der Waals surface area contributed by atoms with Crippen LogP contribution in [0.25, 0.3) is 0 Å². The molecule has 2 amide bonds. The van der Waals surface area contributed by atoms with Crippen LogP contribution < -0.4 is 9.62 Å². The van der Waals surface area contributed by atoms with Crippen LogP contribution in [0.4, 0.5) is 5.69 Å². The Balaban J connectivity index is 1.80. The second kappa shape index (κ2) is 15.5. The molecular formula is C37H43N3O4S. The summed E-state index contributed by atoms with van der Waals surface area (Å²) in [5.41, 5.74) is 4.75. The van der Waals surface area contributed by atoms with E-state index < -0.39 is 28.5 Å². The van der Waals surface area contributed by atoms with Crippen molar-refractivity contribution in [3.8, 4) is 0 Å². The molecule has 0 aliphatic carbocycles. The summed E-state index contributed by atoms with van der Waals surface area (Å²) in [6, 6.07) is 30.2. The Morgan fingerprint density at radius 1 is 0.778 bits per heavy atom. The van der Waals surface area contributed by atoms with Crippen molar-refractivity contribution in [3.05, 3.63) is 131 Å². The molecule has 45 heavy (non-hydrogen) atoms. The molecule has 0 radical (unpaired) electrons. The highest BCUT2D eigenvalue weighted by atomic mass is 32.2. The molecule has 0 bridgehead atoms. The second-order valence-electron chi connectivity index (χ2n) is 11.4. The summed E-state index contributed by atoms with van der Waals surface area (Å²) in [5.74, 6) is -0.738. The highest BCUT2D eigenvalue weighted by molar-refractivity contribution is 7.92. The Labute approximate surface area is 268 Å². The summed E-state index contributed by atoms with van der Waals surface area (Å²) in [5, 5.41) is 3.02. The number of aryl methyl sites for hydroxylation is 2. The lowest BCUT2D eigenvalue weighted by atomic mass is 10.0. The molecule has 0 aliphatic heterocycles. The van der Waals surface area contributed by atoms with Gasteiger partial charge in [-0.15, -0.1) is 0 Å². The van der Waals surface area contributed by atoms with E-state index in [-0.39, 0.29) is 23.8 Å². The van der Waals surface area contributed by atoms with Crippen molar-refractivity contribution < 1.29 is 18.0 Å². The predicted octanol–water partition coefficient (Wildman–Crippen LogP) is 6.36. The molecular weight excluding hydrogens is 582 g/mol. The van der Waals surface area contributed by atoms with Crippen molar-refractivity contribution in [1.29, 1.82) is 0 Å². The van der Waals surface area contributed by atoms with Crippen molar-refractivity contribution in [2.45, 2.75) is 64.4 Å². The van der Waals surface area contributed by atoms with E-state index in [1.807, 2.05) is 87.5 Å². The summed E-state index contributed by atoms with van der Waals surface area (Å²) in [6.45, 7) is 7.87. The summed E-state index contributed by atoms with van der Waals surface area (Å²) in [7, 11) is -4.15. The zero-order valence-corrected chi connectivity index (χ0v) is 27.4. The number of sulfonamides is 1. The molecule has 4 rings (SSSR count). The number of nitrogens with one attached hydrogen (secondary N) is 1. The summed E-state index contributed by atoms with van der Waals surface area (Å²) < 4.78 is 29.7. The van der Waals surface area contributed by atoms with Gasteiger partial charge in [-0.3, -0.25) is 13.9 Å². The maximum atomic E-state index is 14.6. The van der Waals surface area contributed by atoms with Gasteiger partial charge in [0, 0.05) is 19.5 Å². The smallest absolute Gasteiger partial charge is 0.264 e. The van der Waals surface area contributed by atoms with Gasteiger partial charge in [-0.25, -0.2) is 8.42 Å². The number of unbranched alkanes of at least 4 members (excludes halogenated alkanes) is 1. The topological polar surface area (TPSA) is 86.8 Å². The molecule has 0 unspecified atom stereocenters. The van der Waals surface area contributed by atoms with Gasteiger partial charge in [0.25, 0.3) is 10.0 Å². The molecule has 7 nitrogen and oxygen atoms in total. The van der Waals surface area contributed by atoms with Gasteiger partial charge in [0.1, 0.15) is 12.6 Å². The van der Waals surface area contributed by atoms with Crippen LogP contribution in [0, 0.1) is 20.8 Å². The normalized spacial score (nSPS) is 11.9. The number of benzene rings is 4. The molecule has 0 aromatic heterocycles. The molecule has 236 valence electrons. The van der Waals surface area contributed by atoms with E-state index in [1.165, 1.54) is 9.21 Å². The lowest BCUT2D eigenvalue weighted by molar-refractivity contribution is -0.140. The monoisotopic (exact) mass is 625 g/mol. The largest absolute Gasteiger partial charge is 0.354 e. The van der Waals surface area contributed by atoms with E-state index in [4.69, 9.17) is 0 Å². The van der Waals surface area contributed by atoms with Gasteiger partial charge in [-0.1, -0.05) is 104 Å². The lowest BCUT2D eigenvalue weighted by Crippen LogP contribution is -2.53. The molecule has 8 heteroatoms. The molecule has 4 aromatic carbocycles. The third-order valence-electron chi connectivity index (χ3n) is 8.03. The minimum absolute atomic E-state index is 0.0922. The average molecular weight is 626 g/mol. The van der Waals surface area contributed by atoms with E-state index in [2.05, 4.69) is 12.2 Å². The number of amides is 2. The minimum atomic E-state index is -4.15. The minimum Gasteiger partial charge on any atom is -0.354 e. The van der Waals surface area contributed by atoms with Gasteiger partial charge < -0.3 is 10.2 Å². The fourth-order valence-corrected chi connectivity index (χ4v) is 6.67. The fourth-order valence-electron chi connectivity index (χ4n) is 5.20. The van der Waals surface area contributed by atoms with Crippen molar-refractivity contribution in [2.75, 3.05) is 17.4 Å². The van der Waals surface area contributed by atoms with Crippen LogP contribution in [-0.2, 0) is 32.6 Å². The molecule has 4 aromatic rings. The average Bonchev–Trinajstić information content (AvgIpc) is 3.04. The van der Waals surface area contributed by atoms with Gasteiger partial charge in [0.05, 0.1) is 10.6 Å². The SMILES string of the molecule is CCCCNC(=O)[C@@H](Cc1ccccc1)N(Cc1ccccc1)C(=O)CN(c1cccc(C)c1C)S(=O)(=O)c1ccc(C)cc1. The molecule has 1 N–H and O–H groups in total. The van der Waals surface area contributed by atoms with E-state index in [0.29, 0.717) is 12.2 Å². The van der Waals surface area contributed by atoms with Crippen LogP contribution in [-0.4, -0.2) is 44.3 Å². The predicted molar refractivity (Wildman–Crippen MR) is 180 cm³/mol. The Morgan fingerprint density at radius 3 is 2.02 bits per heavy atom. The zero-order valence-electron chi connectivity index (χ0n) is 26.6. The highest BCUT2D eigenvalue weighted by Gasteiger charge is 2.35. The number of rotatable bonds is 14. The standard InChI is InChI=1S/C37H43N3O4S/c1-5-6-24-38-37(42)35(25-31-15-9-7-10-16-31)39(26-32-17-11-8-12-18-32)36(41)27-40(34-19-13-14-29(3)30(34)4)45(43,44)33-22-20-28(2)21-23-33/h7-23,35H,5-6,24-27H2,1-4H3,(H,38,42)/t35-/m1/s1. The van der Waals surface area contributed by atoms with E-state index in [9.17, 15) is 18.0 Å². The van der Waals surface area contributed by atoms with Crippen LogP contribution in [0.3, 0.4) is 0 Å². The number of carbonyl (C=O) groups is 2.